The van der Waals surface area contributed by atoms with E-state index in [-0.39, 0.29) is 17.6 Å². The summed E-state index contributed by atoms with van der Waals surface area (Å²) >= 11 is 1.11. The molecule has 0 unspecified atom stereocenters. The van der Waals surface area contributed by atoms with Crippen LogP contribution in [0.15, 0.2) is 23.2 Å². The average molecular weight is 316 g/mol. The van der Waals surface area contributed by atoms with Crippen molar-refractivity contribution in [2.45, 2.75) is 24.5 Å². The highest BCUT2D eigenvalue weighted by molar-refractivity contribution is 7.99. The third-order valence-corrected chi connectivity index (χ3v) is 3.65. The minimum Gasteiger partial charge on any atom is -0.481 e. The molecule has 0 fully saturated rings. The van der Waals surface area contributed by atoms with E-state index in [9.17, 15) is 18.0 Å². The number of rotatable bonds is 4. The first-order chi connectivity index (χ1) is 9.77. The van der Waals surface area contributed by atoms with Crippen LogP contribution in [0.2, 0.25) is 0 Å². The molecule has 0 amide bonds. The Morgan fingerprint density at radius 2 is 2.05 bits per heavy atom. The summed E-state index contributed by atoms with van der Waals surface area (Å²) in [5, 5.41) is 9.26. The van der Waals surface area contributed by atoms with Crippen molar-refractivity contribution in [2.24, 2.45) is 0 Å². The normalized spacial score (nSPS) is 11.8. The fourth-order valence-corrected chi connectivity index (χ4v) is 2.72. The maximum absolute atomic E-state index is 12.8. The minimum absolute atomic E-state index is 0.0891. The molecule has 0 radical (unpaired) electrons. The molecule has 1 aromatic carbocycles. The van der Waals surface area contributed by atoms with Crippen LogP contribution >= 0.6 is 11.8 Å². The Hall–Kier alpha value is -1.83. The van der Waals surface area contributed by atoms with Crippen molar-refractivity contribution in [2.75, 3.05) is 5.75 Å². The predicted molar refractivity (Wildman–Crippen MR) is 72.3 cm³/mol. The van der Waals surface area contributed by atoms with Gasteiger partial charge in [-0.25, -0.2) is 9.97 Å². The molecule has 0 aliphatic rings. The van der Waals surface area contributed by atoms with Crippen LogP contribution in [0.25, 0.3) is 10.9 Å². The highest BCUT2D eigenvalue weighted by atomic mass is 32.2. The monoisotopic (exact) mass is 316 g/mol. The van der Waals surface area contributed by atoms with E-state index in [0.29, 0.717) is 16.4 Å². The Morgan fingerprint density at radius 1 is 1.33 bits per heavy atom. The summed E-state index contributed by atoms with van der Waals surface area (Å²) in [4.78, 5) is 18.7. The first kappa shape index (κ1) is 15.6. The molecule has 0 atom stereocenters. The molecule has 2 aromatic rings. The van der Waals surface area contributed by atoms with E-state index >= 15 is 0 Å². The largest absolute Gasteiger partial charge is 0.481 e. The third kappa shape index (κ3) is 3.84. The first-order valence-electron chi connectivity index (χ1n) is 5.97. The van der Waals surface area contributed by atoms with Crippen molar-refractivity contribution >= 4 is 28.6 Å². The highest BCUT2D eigenvalue weighted by Crippen LogP contribution is 2.33. The van der Waals surface area contributed by atoms with Crippen LogP contribution in [0.5, 0.6) is 0 Å². The number of carboxylic acid groups (broad SMARTS) is 1. The van der Waals surface area contributed by atoms with E-state index in [1.54, 1.807) is 6.92 Å². The third-order valence-electron chi connectivity index (χ3n) is 2.65. The topological polar surface area (TPSA) is 63.1 Å². The van der Waals surface area contributed by atoms with Crippen molar-refractivity contribution in [3.05, 3.63) is 29.6 Å². The van der Waals surface area contributed by atoms with Crippen LogP contribution < -0.4 is 0 Å². The molecule has 8 heteroatoms. The number of carboxylic acids is 1. The summed E-state index contributed by atoms with van der Waals surface area (Å²) in [6.07, 6.45) is -4.53. The summed E-state index contributed by atoms with van der Waals surface area (Å²) in [6, 6.07) is 3.27. The summed E-state index contributed by atoms with van der Waals surface area (Å²) in [7, 11) is 0. The van der Waals surface area contributed by atoms with Crippen molar-refractivity contribution in [3.8, 4) is 0 Å². The van der Waals surface area contributed by atoms with Crippen LogP contribution in [0.4, 0.5) is 13.2 Å². The van der Waals surface area contributed by atoms with E-state index in [0.717, 1.165) is 23.9 Å². The summed E-state index contributed by atoms with van der Waals surface area (Å²) in [5.74, 6) is -0.300. The number of halogens is 3. The number of aromatic nitrogens is 2. The molecule has 0 aliphatic heterocycles. The number of hydrogen-bond acceptors (Lipinski definition) is 4. The van der Waals surface area contributed by atoms with E-state index in [1.807, 2.05) is 0 Å². The highest BCUT2D eigenvalue weighted by Gasteiger charge is 2.30. The van der Waals surface area contributed by atoms with Crippen molar-refractivity contribution < 1.29 is 23.1 Å². The van der Waals surface area contributed by atoms with Gasteiger partial charge in [0.2, 0.25) is 0 Å². The lowest BCUT2D eigenvalue weighted by Crippen LogP contribution is -2.05. The van der Waals surface area contributed by atoms with E-state index < -0.39 is 17.7 Å². The smallest absolute Gasteiger partial charge is 0.416 e. The molecule has 1 heterocycles. The van der Waals surface area contributed by atoms with Crippen LogP contribution in [-0.2, 0) is 11.0 Å². The van der Waals surface area contributed by atoms with Gasteiger partial charge in [0.05, 0.1) is 17.5 Å². The quantitative estimate of drug-likeness (QED) is 0.690. The Labute approximate surface area is 122 Å². The van der Waals surface area contributed by atoms with Gasteiger partial charge in [0, 0.05) is 11.1 Å². The number of benzene rings is 1. The van der Waals surface area contributed by atoms with Gasteiger partial charge >= 0.3 is 12.1 Å². The number of hydrogen-bond donors (Lipinski definition) is 1. The average Bonchev–Trinajstić information content (AvgIpc) is 2.36. The summed E-state index contributed by atoms with van der Waals surface area (Å²) < 4.78 is 38.3. The van der Waals surface area contributed by atoms with Gasteiger partial charge in [-0.1, -0.05) is 0 Å². The fraction of sp³-hybridized carbons (Fsp3) is 0.308. The Bertz CT molecular complexity index is 689. The van der Waals surface area contributed by atoms with Crippen LogP contribution in [0, 0.1) is 6.92 Å². The molecule has 0 saturated carbocycles. The SMILES string of the molecule is Cc1nc(SCCC(=O)O)c2cc(C(F)(F)F)ccc2n1. The summed E-state index contributed by atoms with van der Waals surface area (Å²) in [6.45, 7) is 1.64. The molecule has 0 spiro atoms. The molecule has 1 aromatic heterocycles. The molecule has 4 nitrogen and oxygen atoms in total. The molecule has 0 bridgehead atoms. The zero-order valence-corrected chi connectivity index (χ0v) is 11.8. The van der Waals surface area contributed by atoms with Crippen LogP contribution in [0.3, 0.4) is 0 Å². The van der Waals surface area contributed by atoms with Crippen LogP contribution in [-0.4, -0.2) is 26.8 Å². The molecule has 112 valence electrons. The molecule has 0 saturated heterocycles. The molecule has 1 N–H and O–H groups in total. The second-order valence-corrected chi connectivity index (χ2v) is 5.38. The molecular weight excluding hydrogens is 305 g/mol. The Balaban J connectivity index is 2.44. The van der Waals surface area contributed by atoms with Gasteiger partial charge in [-0.05, 0) is 25.1 Å². The lowest BCUT2D eigenvalue weighted by Gasteiger charge is -2.10. The van der Waals surface area contributed by atoms with Crippen molar-refractivity contribution in [1.29, 1.82) is 0 Å². The molecular formula is C13H11F3N2O2S. The fourth-order valence-electron chi connectivity index (χ4n) is 1.73. The van der Waals surface area contributed by atoms with Crippen LogP contribution in [0.1, 0.15) is 17.8 Å². The number of nitrogens with zero attached hydrogens (tertiary/aromatic N) is 2. The second kappa shape index (κ2) is 5.88. The van der Waals surface area contributed by atoms with E-state index in [1.165, 1.54) is 6.07 Å². The van der Waals surface area contributed by atoms with Crippen molar-refractivity contribution in [3.63, 3.8) is 0 Å². The minimum atomic E-state index is -4.44. The standard InChI is InChI=1S/C13H11F3N2O2S/c1-7-17-10-3-2-8(13(14,15)16)6-9(10)12(18-7)21-5-4-11(19)20/h2-3,6H,4-5H2,1H3,(H,19,20). The lowest BCUT2D eigenvalue weighted by atomic mass is 10.1. The second-order valence-electron chi connectivity index (χ2n) is 4.30. The maximum atomic E-state index is 12.8. The lowest BCUT2D eigenvalue weighted by molar-refractivity contribution is -0.138. The summed E-state index contributed by atoms with van der Waals surface area (Å²) in [5.41, 5.74) is -0.365. The molecule has 0 aliphatic carbocycles. The Morgan fingerprint density at radius 3 is 2.67 bits per heavy atom. The number of carbonyl (C=O) groups is 1. The molecule has 21 heavy (non-hydrogen) atoms. The van der Waals surface area contributed by atoms with Gasteiger partial charge < -0.3 is 5.11 Å². The van der Waals surface area contributed by atoms with E-state index in [4.69, 9.17) is 5.11 Å². The van der Waals surface area contributed by atoms with Gasteiger partial charge in [0.1, 0.15) is 10.9 Å². The number of alkyl halides is 3. The Kier molecular flexibility index (Phi) is 4.36. The van der Waals surface area contributed by atoms with Gasteiger partial charge in [-0.15, -0.1) is 11.8 Å². The number of thioether (sulfide) groups is 1. The van der Waals surface area contributed by atoms with Gasteiger partial charge in [0.25, 0.3) is 0 Å². The van der Waals surface area contributed by atoms with E-state index in [2.05, 4.69) is 9.97 Å². The molecule has 2 rings (SSSR count). The zero-order chi connectivity index (χ0) is 15.6. The zero-order valence-electron chi connectivity index (χ0n) is 10.9. The first-order valence-corrected chi connectivity index (χ1v) is 6.96. The maximum Gasteiger partial charge on any atom is 0.416 e. The number of aliphatic carboxylic acids is 1. The van der Waals surface area contributed by atoms with Gasteiger partial charge in [-0.3, -0.25) is 4.79 Å². The van der Waals surface area contributed by atoms with Crippen molar-refractivity contribution in [1.82, 2.24) is 9.97 Å². The predicted octanol–water partition coefficient (Wildman–Crippen LogP) is 3.52. The van der Waals surface area contributed by atoms with Gasteiger partial charge in [0.15, 0.2) is 0 Å². The number of fused-ring (bicyclic) bond motifs is 1. The van der Waals surface area contributed by atoms with Gasteiger partial charge in [-0.2, -0.15) is 13.2 Å². The number of aryl methyl sites for hydroxylation is 1.